The van der Waals surface area contributed by atoms with Crippen LogP contribution in [-0.2, 0) is 6.54 Å². The van der Waals surface area contributed by atoms with Crippen LogP contribution in [0.15, 0.2) is 65.4 Å². The van der Waals surface area contributed by atoms with Crippen LogP contribution >= 0.6 is 0 Å². The molecular formula is C17H14FN3O2. The zero-order valence-electron chi connectivity index (χ0n) is 12.1. The van der Waals surface area contributed by atoms with Gasteiger partial charge in [-0.25, -0.2) is 9.37 Å². The summed E-state index contributed by atoms with van der Waals surface area (Å²) in [5, 5.41) is 5.81. The Bertz CT molecular complexity index is 769. The number of rotatable bonds is 5. The highest BCUT2D eigenvalue weighted by Crippen LogP contribution is 2.13. The molecule has 0 fully saturated rings. The van der Waals surface area contributed by atoms with E-state index in [9.17, 15) is 9.18 Å². The summed E-state index contributed by atoms with van der Waals surface area (Å²) in [5.41, 5.74) is 1.52. The number of aromatic nitrogens is 1. The number of hydrogen-bond acceptors (Lipinski definition) is 4. The van der Waals surface area contributed by atoms with Gasteiger partial charge in [0.2, 0.25) is 0 Å². The number of nitrogens with zero attached hydrogens (tertiary/aromatic N) is 1. The van der Waals surface area contributed by atoms with Gasteiger partial charge in [-0.05, 0) is 42.0 Å². The van der Waals surface area contributed by atoms with Crippen molar-refractivity contribution in [2.75, 3.05) is 10.6 Å². The van der Waals surface area contributed by atoms with Crippen LogP contribution < -0.4 is 10.6 Å². The molecule has 0 unspecified atom stereocenters. The van der Waals surface area contributed by atoms with Crippen molar-refractivity contribution in [2.45, 2.75) is 6.54 Å². The molecule has 23 heavy (non-hydrogen) atoms. The monoisotopic (exact) mass is 311 g/mol. The molecule has 0 radical (unpaired) electrons. The summed E-state index contributed by atoms with van der Waals surface area (Å²) in [6, 6.07) is 13.0. The molecule has 0 spiro atoms. The van der Waals surface area contributed by atoms with Crippen LogP contribution in [0.5, 0.6) is 0 Å². The number of pyridine rings is 1. The van der Waals surface area contributed by atoms with Gasteiger partial charge in [0.1, 0.15) is 11.6 Å². The predicted molar refractivity (Wildman–Crippen MR) is 84.6 cm³/mol. The second kappa shape index (κ2) is 6.74. The molecule has 6 heteroatoms. The fraction of sp³-hybridized carbons (Fsp3) is 0.0588. The van der Waals surface area contributed by atoms with E-state index < -0.39 is 0 Å². The molecule has 2 N–H and O–H groups in total. The lowest BCUT2D eigenvalue weighted by atomic mass is 10.2. The predicted octanol–water partition coefficient (Wildman–Crippen LogP) is 3.68. The smallest absolute Gasteiger partial charge is 0.291 e. The third-order valence-corrected chi connectivity index (χ3v) is 3.15. The number of halogens is 1. The van der Waals surface area contributed by atoms with Crippen molar-refractivity contribution >= 4 is 17.4 Å². The number of amides is 1. The zero-order valence-corrected chi connectivity index (χ0v) is 12.1. The highest BCUT2D eigenvalue weighted by molar-refractivity contribution is 6.02. The second-order valence-electron chi connectivity index (χ2n) is 4.84. The zero-order chi connectivity index (χ0) is 16.1. The second-order valence-corrected chi connectivity index (χ2v) is 4.84. The summed E-state index contributed by atoms with van der Waals surface area (Å²) in [7, 11) is 0. The van der Waals surface area contributed by atoms with Gasteiger partial charge in [0.15, 0.2) is 5.76 Å². The highest BCUT2D eigenvalue weighted by atomic mass is 19.1. The summed E-state index contributed by atoms with van der Waals surface area (Å²) in [6.45, 7) is 0.533. The third-order valence-electron chi connectivity index (χ3n) is 3.15. The van der Waals surface area contributed by atoms with Crippen molar-refractivity contribution in [3.63, 3.8) is 0 Å². The average Bonchev–Trinajstić information content (AvgIpc) is 3.10. The minimum atomic E-state index is -0.330. The number of carbonyl (C=O) groups excluding carboxylic acids is 1. The van der Waals surface area contributed by atoms with Crippen LogP contribution in [0.3, 0.4) is 0 Å². The summed E-state index contributed by atoms with van der Waals surface area (Å²) >= 11 is 0. The van der Waals surface area contributed by atoms with Gasteiger partial charge in [-0.2, -0.15) is 0 Å². The van der Waals surface area contributed by atoms with E-state index in [1.54, 1.807) is 42.6 Å². The van der Waals surface area contributed by atoms with E-state index in [-0.39, 0.29) is 17.5 Å². The van der Waals surface area contributed by atoms with Crippen LogP contribution in [0, 0.1) is 5.82 Å². The number of anilines is 2. The summed E-state index contributed by atoms with van der Waals surface area (Å²) in [6.07, 6.45) is 2.99. The molecule has 0 aliphatic heterocycles. The Hall–Kier alpha value is -3.15. The normalized spacial score (nSPS) is 10.3. The first-order valence-electron chi connectivity index (χ1n) is 7.00. The van der Waals surface area contributed by atoms with E-state index in [1.165, 1.54) is 18.4 Å². The minimum absolute atomic E-state index is 0.239. The SMILES string of the molecule is O=C(Nc1ccc(NCc2ccc(F)cc2)nc1)c1ccco1. The lowest BCUT2D eigenvalue weighted by Gasteiger charge is -2.07. The van der Waals surface area contributed by atoms with E-state index in [0.717, 1.165) is 5.56 Å². The Morgan fingerprint density at radius 1 is 1.13 bits per heavy atom. The number of hydrogen-bond donors (Lipinski definition) is 2. The molecule has 0 aliphatic rings. The van der Waals surface area contributed by atoms with Gasteiger partial charge in [-0.1, -0.05) is 12.1 Å². The summed E-state index contributed by atoms with van der Waals surface area (Å²) in [5.74, 6) is 0.307. The van der Waals surface area contributed by atoms with Gasteiger partial charge in [0.05, 0.1) is 18.1 Å². The van der Waals surface area contributed by atoms with E-state index in [2.05, 4.69) is 15.6 Å². The Morgan fingerprint density at radius 3 is 2.61 bits per heavy atom. The first kappa shape index (κ1) is 14.8. The van der Waals surface area contributed by atoms with Gasteiger partial charge >= 0.3 is 0 Å². The Balaban J connectivity index is 1.56. The van der Waals surface area contributed by atoms with Gasteiger partial charge < -0.3 is 15.1 Å². The molecule has 3 aromatic rings. The molecule has 116 valence electrons. The van der Waals surface area contributed by atoms with Crippen LogP contribution in [0.25, 0.3) is 0 Å². The maximum Gasteiger partial charge on any atom is 0.291 e. The largest absolute Gasteiger partial charge is 0.459 e. The van der Waals surface area contributed by atoms with E-state index in [4.69, 9.17) is 4.42 Å². The fourth-order valence-electron chi connectivity index (χ4n) is 1.97. The highest BCUT2D eigenvalue weighted by Gasteiger charge is 2.08. The summed E-state index contributed by atoms with van der Waals surface area (Å²) < 4.78 is 17.8. The van der Waals surface area contributed by atoms with Gasteiger partial charge in [-0.3, -0.25) is 4.79 Å². The lowest BCUT2D eigenvalue weighted by Crippen LogP contribution is -2.11. The molecule has 3 rings (SSSR count). The molecule has 0 atom stereocenters. The molecule has 0 bridgehead atoms. The van der Waals surface area contributed by atoms with Crippen molar-refractivity contribution in [2.24, 2.45) is 0 Å². The summed E-state index contributed by atoms with van der Waals surface area (Å²) in [4.78, 5) is 16.0. The lowest BCUT2D eigenvalue weighted by molar-refractivity contribution is 0.0996. The maximum atomic E-state index is 12.8. The van der Waals surface area contributed by atoms with E-state index in [1.807, 2.05) is 0 Å². The van der Waals surface area contributed by atoms with E-state index in [0.29, 0.717) is 18.1 Å². The molecule has 2 heterocycles. The Morgan fingerprint density at radius 2 is 1.96 bits per heavy atom. The molecule has 0 saturated carbocycles. The Kier molecular flexibility index (Phi) is 4.33. The quantitative estimate of drug-likeness (QED) is 0.754. The van der Waals surface area contributed by atoms with Crippen molar-refractivity contribution in [1.82, 2.24) is 4.98 Å². The average molecular weight is 311 g/mol. The number of benzene rings is 1. The molecule has 5 nitrogen and oxygen atoms in total. The third kappa shape index (κ3) is 3.94. The van der Waals surface area contributed by atoms with Crippen LogP contribution in [0.2, 0.25) is 0 Å². The van der Waals surface area contributed by atoms with Crippen LogP contribution in [0.1, 0.15) is 16.1 Å². The van der Waals surface area contributed by atoms with Crippen LogP contribution in [-0.4, -0.2) is 10.9 Å². The maximum absolute atomic E-state index is 12.8. The molecule has 1 aromatic carbocycles. The molecule has 1 amide bonds. The first-order chi connectivity index (χ1) is 11.2. The van der Waals surface area contributed by atoms with Gasteiger partial charge in [-0.15, -0.1) is 0 Å². The Labute approximate surface area is 132 Å². The first-order valence-corrected chi connectivity index (χ1v) is 7.00. The molecule has 0 saturated heterocycles. The van der Waals surface area contributed by atoms with E-state index >= 15 is 0 Å². The standard InChI is InChI=1S/C17H14FN3O2/c18-13-5-3-12(4-6-13)10-19-16-8-7-14(11-20-16)21-17(22)15-2-1-9-23-15/h1-9,11H,10H2,(H,19,20)(H,21,22). The van der Waals surface area contributed by atoms with Crippen LogP contribution in [0.4, 0.5) is 15.9 Å². The van der Waals surface area contributed by atoms with Gasteiger partial charge in [0, 0.05) is 6.54 Å². The number of nitrogens with one attached hydrogen (secondary N) is 2. The number of furan rings is 1. The van der Waals surface area contributed by atoms with Gasteiger partial charge in [0.25, 0.3) is 5.91 Å². The van der Waals surface area contributed by atoms with Crippen molar-refractivity contribution in [3.05, 3.63) is 78.1 Å². The van der Waals surface area contributed by atoms with Crippen molar-refractivity contribution in [1.29, 1.82) is 0 Å². The topological polar surface area (TPSA) is 67.2 Å². The molecule has 0 aliphatic carbocycles. The van der Waals surface area contributed by atoms with Crippen molar-refractivity contribution in [3.8, 4) is 0 Å². The molecular weight excluding hydrogens is 297 g/mol. The fourth-order valence-corrected chi connectivity index (χ4v) is 1.97. The van der Waals surface area contributed by atoms with Crippen molar-refractivity contribution < 1.29 is 13.6 Å². The number of carbonyl (C=O) groups is 1. The molecule has 2 aromatic heterocycles. The minimum Gasteiger partial charge on any atom is -0.459 e.